The van der Waals surface area contributed by atoms with Crippen molar-refractivity contribution in [1.82, 2.24) is 9.78 Å². The van der Waals surface area contributed by atoms with Crippen molar-refractivity contribution in [2.45, 2.75) is 18.3 Å². The number of aliphatic carboxylic acids is 1. The molecule has 23 heavy (non-hydrogen) atoms. The van der Waals surface area contributed by atoms with Crippen LogP contribution in [-0.4, -0.2) is 20.9 Å². The molecule has 0 bridgehead atoms. The third-order valence-electron chi connectivity index (χ3n) is 4.14. The van der Waals surface area contributed by atoms with Gasteiger partial charge in [0.2, 0.25) is 0 Å². The largest absolute Gasteiger partial charge is 0.481 e. The molecule has 1 saturated carbocycles. The average molecular weight is 343 g/mol. The van der Waals surface area contributed by atoms with Crippen LogP contribution in [0.25, 0.3) is 9.40 Å². The van der Waals surface area contributed by atoms with Gasteiger partial charge in [-0.05, 0) is 25.0 Å². The zero-order chi connectivity index (χ0) is 16.2. The van der Waals surface area contributed by atoms with E-state index in [4.69, 9.17) is 5.73 Å². The summed E-state index contributed by atoms with van der Waals surface area (Å²) >= 11 is 3.15. The lowest BCUT2D eigenvalue weighted by Gasteiger charge is -2.04. The Morgan fingerprint density at radius 1 is 1.35 bits per heavy atom. The quantitative estimate of drug-likeness (QED) is 0.701. The summed E-state index contributed by atoms with van der Waals surface area (Å²) in [5.74, 6) is 5.99. The lowest BCUT2D eigenvalue weighted by molar-refractivity contribution is -0.139. The van der Waals surface area contributed by atoms with E-state index in [0.29, 0.717) is 11.4 Å². The van der Waals surface area contributed by atoms with E-state index < -0.39 is 11.4 Å². The van der Waals surface area contributed by atoms with Gasteiger partial charge in [-0.15, -0.1) is 22.7 Å². The van der Waals surface area contributed by atoms with Crippen molar-refractivity contribution in [1.29, 1.82) is 0 Å². The van der Waals surface area contributed by atoms with Gasteiger partial charge in [0.25, 0.3) is 0 Å². The highest BCUT2D eigenvalue weighted by Crippen LogP contribution is 2.52. The number of nitrogens with two attached hydrogens (primary N) is 1. The van der Waals surface area contributed by atoms with Crippen molar-refractivity contribution in [3.05, 3.63) is 33.6 Å². The highest BCUT2D eigenvalue weighted by atomic mass is 32.1. The molecule has 0 atom stereocenters. The first-order valence-electron chi connectivity index (χ1n) is 7.06. The van der Waals surface area contributed by atoms with Crippen LogP contribution in [0.1, 0.15) is 28.2 Å². The number of aryl methyl sites for hydroxylation is 1. The van der Waals surface area contributed by atoms with Crippen LogP contribution in [0.5, 0.6) is 0 Å². The fraction of sp³-hybridized carbons (Fsp3) is 0.250. The van der Waals surface area contributed by atoms with Gasteiger partial charge in [0.05, 0.1) is 16.6 Å². The first kappa shape index (κ1) is 14.3. The molecule has 0 unspecified atom stereocenters. The number of carboxylic acids is 1. The molecule has 1 aliphatic carbocycles. The van der Waals surface area contributed by atoms with Crippen molar-refractivity contribution in [2.24, 2.45) is 7.05 Å². The Hall–Kier alpha value is -2.30. The molecule has 0 saturated heterocycles. The van der Waals surface area contributed by atoms with Crippen LogP contribution in [0.15, 0.2) is 18.3 Å². The monoisotopic (exact) mass is 343 g/mol. The van der Waals surface area contributed by atoms with Gasteiger partial charge in [-0.2, -0.15) is 5.10 Å². The summed E-state index contributed by atoms with van der Waals surface area (Å²) in [6.45, 7) is 0. The summed E-state index contributed by atoms with van der Waals surface area (Å²) in [7, 11) is 1.78. The third kappa shape index (κ3) is 2.22. The predicted molar refractivity (Wildman–Crippen MR) is 91.9 cm³/mol. The molecule has 0 radical (unpaired) electrons. The van der Waals surface area contributed by atoms with Gasteiger partial charge >= 0.3 is 5.97 Å². The van der Waals surface area contributed by atoms with E-state index in [2.05, 4.69) is 16.9 Å². The Labute approximate surface area is 140 Å². The Bertz CT molecular complexity index is 964. The lowest BCUT2D eigenvalue weighted by Crippen LogP contribution is -2.17. The maximum Gasteiger partial charge on any atom is 0.314 e. The molecule has 0 aromatic carbocycles. The minimum Gasteiger partial charge on any atom is -0.481 e. The molecule has 0 amide bonds. The summed E-state index contributed by atoms with van der Waals surface area (Å²) in [5, 5.41) is 13.4. The van der Waals surface area contributed by atoms with Crippen LogP contribution in [0, 0.1) is 11.8 Å². The van der Waals surface area contributed by atoms with Gasteiger partial charge in [0, 0.05) is 21.3 Å². The number of fused-ring (bicyclic) bond motifs is 1. The highest BCUT2D eigenvalue weighted by molar-refractivity contribution is 7.28. The number of rotatable bonds is 2. The predicted octanol–water partition coefficient (Wildman–Crippen LogP) is 2.79. The number of hydrogen-bond donors (Lipinski definition) is 2. The molecule has 3 heterocycles. The van der Waals surface area contributed by atoms with Gasteiger partial charge in [-0.3, -0.25) is 9.48 Å². The van der Waals surface area contributed by atoms with E-state index in [1.165, 1.54) is 0 Å². The summed E-state index contributed by atoms with van der Waals surface area (Å²) in [5.41, 5.74) is 5.96. The van der Waals surface area contributed by atoms with E-state index in [1.807, 2.05) is 12.1 Å². The van der Waals surface area contributed by atoms with Crippen LogP contribution in [-0.2, 0) is 17.3 Å². The number of anilines is 1. The average Bonchev–Trinajstić information content (AvgIpc) is 2.97. The van der Waals surface area contributed by atoms with Gasteiger partial charge in [-0.25, -0.2) is 0 Å². The van der Waals surface area contributed by atoms with Gasteiger partial charge < -0.3 is 10.8 Å². The maximum absolute atomic E-state index is 11.4. The van der Waals surface area contributed by atoms with Crippen LogP contribution >= 0.6 is 22.7 Å². The van der Waals surface area contributed by atoms with Crippen molar-refractivity contribution in [2.75, 3.05) is 5.73 Å². The van der Waals surface area contributed by atoms with Gasteiger partial charge in [0.1, 0.15) is 11.2 Å². The van der Waals surface area contributed by atoms with Crippen LogP contribution < -0.4 is 5.73 Å². The molecule has 0 spiro atoms. The third-order valence-corrected chi connectivity index (χ3v) is 6.56. The van der Waals surface area contributed by atoms with E-state index in [1.54, 1.807) is 40.6 Å². The number of carboxylic acid groups (broad SMARTS) is 1. The number of hydrogen-bond acceptors (Lipinski definition) is 5. The number of nitrogen functional groups attached to an aromatic ring is 1. The second kappa shape index (κ2) is 4.85. The smallest absolute Gasteiger partial charge is 0.314 e. The van der Waals surface area contributed by atoms with E-state index in [-0.39, 0.29) is 0 Å². The summed E-state index contributed by atoms with van der Waals surface area (Å²) in [6, 6.07) is 4.03. The fourth-order valence-corrected chi connectivity index (χ4v) is 4.98. The standard InChI is InChI=1S/C16H13N3O2S2/c1-19-14(17)9(8-18-19)2-3-10-6-11-12(22-10)7-13(23-11)16(4-5-16)15(20)21/h6-8H,4-5,17H2,1H3,(H,20,21). The zero-order valence-corrected chi connectivity index (χ0v) is 13.9. The topological polar surface area (TPSA) is 81.1 Å². The molecule has 3 N–H and O–H groups in total. The normalized spacial score (nSPS) is 15.3. The van der Waals surface area contributed by atoms with Crippen LogP contribution in [0.3, 0.4) is 0 Å². The van der Waals surface area contributed by atoms with Gasteiger partial charge in [-0.1, -0.05) is 11.8 Å². The molecular weight excluding hydrogens is 330 g/mol. The van der Waals surface area contributed by atoms with Crippen molar-refractivity contribution in [3.8, 4) is 11.8 Å². The van der Waals surface area contributed by atoms with E-state index in [9.17, 15) is 9.90 Å². The molecule has 4 rings (SSSR count). The van der Waals surface area contributed by atoms with Crippen molar-refractivity contribution in [3.63, 3.8) is 0 Å². The second-order valence-electron chi connectivity index (χ2n) is 5.65. The summed E-state index contributed by atoms with van der Waals surface area (Å²) in [4.78, 5) is 13.3. The van der Waals surface area contributed by atoms with Crippen molar-refractivity contribution >= 4 is 43.9 Å². The maximum atomic E-state index is 11.4. The number of nitrogens with zero attached hydrogens (tertiary/aromatic N) is 2. The molecule has 1 fully saturated rings. The summed E-state index contributed by atoms with van der Waals surface area (Å²) in [6.07, 6.45) is 3.13. The Morgan fingerprint density at radius 3 is 2.65 bits per heavy atom. The molecule has 116 valence electrons. The fourth-order valence-electron chi connectivity index (χ4n) is 2.50. The van der Waals surface area contributed by atoms with Crippen LogP contribution in [0.2, 0.25) is 0 Å². The van der Waals surface area contributed by atoms with Gasteiger partial charge in [0.15, 0.2) is 0 Å². The first-order chi connectivity index (χ1) is 11.0. The number of aromatic nitrogens is 2. The van der Waals surface area contributed by atoms with E-state index in [0.717, 1.165) is 32.0 Å². The Balaban J connectivity index is 1.65. The SMILES string of the molecule is Cn1ncc(C#Cc2cc3sc(C4(C(=O)O)CC4)cc3s2)c1N. The first-order valence-corrected chi connectivity index (χ1v) is 8.70. The highest BCUT2D eigenvalue weighted by Gasteiger charge is 2.53. The Kier molecular flexibility index (Phi) is 3.01. The molecule has 7 heteroatoms. The molecule has 0 aliphatic heterocycles. The number of thiophene rings is 2. The summed E-state index contributed by atoms with van der Waals surface area (Å²) < 4.78 is 3.78. The minimum atomic E-state index is -0.710. The lowest BCUT2D eigenvalue weighted by atomic mass is 10.1. The molecular formula is C16H13N3O2S2. The van der Waals surface area contributed by atoms with Crippen LogP contribution in [0.4, 0.5) is 5.82 Å². The zero-order valence-electron chi connectivity index (χ0n) is 12.3. The minimum absolute atomic E-state index is 0.551. The molecule has 1 aliphatic rings. The molecule has 3 aromatic rings. The molecule has 3 aromatic heterocycles. The van der Waals surface area contributed by atoms with E-state index >= 15 is 0 Å². The second-order valence-corrected chi connectivity index (χ2v) is 7.82. The Morgan fingerprint density at radius 2 is 2.09 bits per heavy atom. The molecule has 5 nitrogen and oxygen atoms in total. The number of carbonyl (C=O) groups is 1. The van der Waals surface area contributed by atoms with Crippen molar-refractivity contribution < 1.29 is 9.90 Å².